The fraction of sp³-hybridized carbons (Fsp3) is 0.304. The van der Waals surface area contributed by atoms with Crippen molar-refractivity contribution in [1.82, 2.24) is 4.98 Å². The largest absolute Gasteiger partial charge is 0.485 e. The molecule has 9 heteroatoms. The lowest BCUT2D eigenvalue weighted by atomic mass is 10.1. The van der Waals surface area contributed by atoms with Gasteiger partial charge in [-0.25, -0.2) is 9.78 Å². The van der Waals surface area contributed by atoms with E-state index < -0.39 is 23.3 Å². The number of carboxylic acids is 1. The highest BCUT2D eigenvalue weighted by molar-refractivity contribution is 5.76. The zero-order valence-corrected chi connectivity index (χ0v) is 17.9. The van der Waals surface area contributed by atoms with E-state index in [1.807, 2.05) is 6.92 Å². The van der Waals surface area contributed by atoms with E-state index in [1.165, 1.54) is 26.0 Å². The number of hydrogen-bond donors (Lipinski definition) is 1. The van der Waals surface area contributed by atoms with Gasteiger partial charge in [-0.05, 0) is 63.6 Å². The number of ether oxygens (including phenoxy) is 2. The molecule has 0 amide bonds. The van der Waals surface area contributed by atoms with Gasteiger partial charge in [-0.2, -0.15) is 13.2 Å². The molecule has 1 N–H and O–H groups in total. The number of carbonyl (C=O) groups is 1. The SMILES string of the molecule is Cc1ccc(OC(C)(C)C(=O)O)cc1OCc1oc(-c2ccc(C(F)(F)F)cc2)nc1C. The maximum Gasteiger partial charge on any atom is 0.416 e. The monoisotopic (exact) mass is 449 g/mol. The highest BCUT2D eigenvalue weighted by atomic mass is 19.4. The number of hydrogen-bond acceptors (Lipinski definition) is 5. The van der Waals surface area contributed by atoms with E-state index in [1.54, 1.807) is 25.1 Å². The maximum atomic E-state index is 12.7. The minimum Gasteiger partial charge on any atom is -0.485 e. The predicted octanol–water partition coefficient (Wildman–Crippen LogP) is 5.80. The number of aromatic nitrogens is 1. The molecule has 6 nitrogen and oxygen atoms in total. The number of nitrogens with zero attached hydrogens (tertiary/aromatic N) is 1. The highest BCUT2D eigenvalue weighted by Gasteiger charge is 2.31. The number of alkyl halides is 3. The normalized spacial score (nSPS) is 12.0. The Kier molecular flexibility index (Phi) is 6.20. The molecule has 0 saturated carbocycles. The van der Waals surface area contributed by atoms with Crippen LogP contribution in [0, 0.1) is 13.8 Å². The van der Waals surface area contributed by atoms with Crippen molar-refractivity contribution in [2.24, 2.45) is 0 Å². The first-order valence-corrected chi connectivity index (χ1v) is 9.66. The van der Waals surface area contributed by atoms with Crippen LogP contribution in [0.1, 0.15) is 36.4 Å². The van der Waals surface area contributed by atoms with Crippen molar-refractivity contribution in [3.8, 4) is 23.0 Å². The molecule has 0 saturated heterocycles. The summed E-state index contributed by atoms with van der Waals surface area (Å²) in [4.78, 5) is 15.6. The molecule has 0 fully saturated rings. The van der Waals surface area contributed by atoms with Gasteiger partial charge < -0.3 is 19.0 Å². The van der Waals surface area contributed by atoms with Crippen LogP contribution in [0.3, 0.4) is 0 Å². The molecule has 0 unspecified atom stereocenters. The van der Waals surface area contributed by atoms with Crippen LogP contribution in [0.5, 0.6) is 11.5 Å². The molecule has 2 aromatic carbocycles. The van der Waals surface area contributed by atoms with Crippen molar-refractivity contribution in [2.45, 2.75) is 46.1 Å². The van der Waals surface area contributed by atoms with Gasteiger partial charge in [0.2, 0.25) is 5.89 Å². The number of aliphatic carboxylic acids is 1. The van der Waals surface area contributed by atoms with E-state index in [9.17, 15) is 23.1 Å². The molecule has 0 radical (unpaired) electrons. The molecular formula is C23H22F3NO5. The minimum atomic E-state index is -4.42. The number of oxazole rings is 1. The van der Waals surface area contributed by atoms with Crippen molar-refractivity contribution in [3.05, 3.63) is 65.0 Å². The first-order valence-electron chi connectivity index (χ1n) is 9.66. The summed E-state index contributed by atoms with van der Waals surface area (Å²) < 4.78 is 55.3. The van der Waals surface area contributed by atoms with Crippen molar-refractivity contribution in [3.63, 3.8) is 0 Å². The highest BCUT2D eigenvalue weighted by Crippen LogP contribution is 2.32. The standard InChI is InChI=1S/C23H22F3NO5/c1-13-5-10-17(32-22(3,4)21(28)29)11-18(13)30-12-19-14(2)27-20(31-19)15-6-8-16(9-7-15)23(24,25)26/h5-11H,12H2,1-4H3,(H,28,29). The van der Waals surface area contributed by atoms with Crippen LogP contribution >= 0.6 is 0 Å². The van der Waals surface area contributed by atoms with Gasteiger partial charge in [0, 0.05) is 11.6 Å². The van der Waals surface area contributed by atoms with Gasteiger partial charge in [0.1, 0.15) is 18.1 Å². The number of rotatable bonds is 7. The Hall–Kier alpha value is -3.49. The van der Waals surface area contributed by atoms with Crippen LogP contribution < -0.4 is 9.47 Å². The van der Waals surface area contributed by atoms with Gasteiger partial charge in [-0.1, -0.05) is 6.07 Å². The molecule has 1 aromatic heterocycles. The average molecular weight is 449 g/mol. The van der Waals surface area contributed by atoms with E-state index in [0.29, 0.717) is 28.5 Å². The van der Waals surface area contributed by atoms with Crippen LogP contribution in [0.15, 0.2) is 46.9 Å². The van der Waals surface area contributed by atoms with Gasteiger partial charge in [-0.3, -0.25) is 0 Å². The Morgan fingerprint density at radius 1 is 1.09 bits per heavy atom. The summed E-state index contributed by atoms with van der Waals surface area (Å²) in [5, 5.41) is 9.23. The molecule has 0 aliphatic rings. The first-order chi connectivity index (χ1) is 14.9. The van der Waals surface area contributed by atoms with Crippen molar-refractivity contribution in [1.29, 1.82) is 0 Å². The van der Waals surface area contributed by atoms with E-state index in [-0.39, 0.29) is 12.5 Å². The van der Waals surface area contributed by atoms with Crippen molar-refractivity contribution in [2.75, 3.05) is 0 Å². The second-order valence-corrected chi connectivity index (χ2v) is 7.74. The van der Waals surface area contributed by atoms with Crippen LogP contribution in [-0.2, 0) is 17.6 Å². The molecule has 0 aliphatic heterocycles. The minimum absolute atomic E-state index is 0.0199. The Bertz CT molecular complexity index is 1120. The zero-order valence-electron chi connectivity index (χ0n) is 17.9. The number of carboxylic acid groups (broad SMARTS) is 1. The second kappa shape index (κ2) is 8.57. The average Bonchev–Trinajstić information content (AvgIpc) is 3.08. The third-order valence-electron chi connectivity index (χ3n) is 4.76. The summed E-state index contributed by atoms with van der Waals surface area (Å²) in [6.07, 6.45) is -4.42. The molecular weight excluding hydrogens is 427 g/mol. The molecule has 0 aliphatic carbocycles. The summed E-state index contributed by atoms with van der Waals surface area (Å²) in [6, 6.07) is 9.51. The van der Waals surface area contributed by atoms with E-state index in [0.717, 1.165) is 17.7 Å². The van der Waals surface area contributed by atoms with Gasteiger partial charge in [0.05, 0.1) is 11.3 Å². The van der Waals surface area contributed by atoms with Crippen molar-refractivity contribution >= 4 is 5.97 Å². The fourth-order valence-corrected chi connectivity index (χ4v) is 2.77. The van der Waals surface area contributed by atoms with Crippen LogP contribution in [0.4, 0.5) is 13.2 Å². The van der Waals surface area contributed by atoms with Gasteiger partial charge in [0.25, 0.3) is 0 Å². The summed E-state index contributed by atoms with van der Waals surface area (Å²) in [6.45, 7) is 6.43. The zero-order chi connectivity index (χ0) is 23.7. The van der Waals surface area contributed by atoms with Crippen LogP contribution in [0.2, 0.25) is 0 Å². The van der Waals surface area contributed by atoms with Crippen LogP contribution in [-0.4, -0.2) is 21.7 Å². The topological polar surface area (TPSA) is 81.8 Å². The van der Waals surface area contributed by atoms with Crippen molar-refractivity contribution < 1.29 is 37.0 Å². The third-order valence-corrected chi connectivity index (χ3v) is 4.76. The molecule has 3 aromatic rings. The Labute approximate surface area is 182 Å². The lowest BCUT2D eigenvalue weighted by molar-refractivity contribution is -0.152. The summed E-state index contributed by atoms with van der Waals surface area (Å²) in [7, 11) is 0. The third kappa shape index (κ3) is 5.22. The maximum absolute atomic E-state index is 12.7. The molecule has 3 rings (SSSR count). The molecule has 0 spiro atoms. The van der Waals surface area contributed by atoms with E-state index in [4.69, 9.17) is 13.9 Å². The number of halogens is 3. The lowest BCUT2D eigenvalue weighted by Gasteiger charge is -2.22. The molecule has 0 atom stereocenters. The van der Waals surface area contributed by atoms with E-state index >= 15 is 0 Å². The summed E-state index contributed by atoms with van der Waals surface area (Å²) in [5.74, 6) is 0.297. The van der Waals surface area contributed by atoms with Gasteiger partial charge in [0.15, 0.2) is 11.4 Å². The quantitative estimate of drug-likeness (QED) is 0.491. The second-order valence-electron chi connectivity index (χ2n) is 7.74. The molecule has 32 heavy (non-hydrogen) atoms. The molecule has 1 heterocycles. The van der Waals surface area contributed by atoms with Gasteiger partial charge in [-0.15, -0.1) is 0 Å². The predicted molar refractivity (Wildman–Crippen MR) is 110 cm³/mol. The summed E-state index contributed by atoms with van der Waals surface area (Å²) >= 11 is 0. The molecule has 0 bridgehead atoms. The first kappa shape index (κ1) is 23.2. The Morgan fingerprint density at radius 3 is 2.34 bits per heavy atom. The number of aryl methyl sites for hydroxylation is 2. The smallest absolute Gasteiger partial charge is 0.416 e. The van der Waals surface area contributed by atoms with Crippen LogP contribution in [0.25, 0.3) is 11.5 Å². The van der Waals surface area contributed by atoms with Gasteiger partial charge >= 0.3 is 12.1 Å². The van der Waals surface area contributed by atoms with E-state index in [2.05, 4.69) is 4.98 Å². The Morgan fingerprint density at radius 2 is 1.75 bits per heavy atom. The fourth-order valence-electron chi connectivity index (χ4n) is 2.77. The molecule has 170 valence electrons. The number of benzene rings is 2. The lowest BCUT2D eigenvalue weighted by Crippen LogP contribution is -2.37. The summed E-state index contributed by atoms with van der Waals surface area (Å²) in [5.41, 5.74) is -0.418. The Balaban J connectivity index is 1.75.